The van der Waals surface area contributed by atoms with Gasteiger partial charge in [0.2, 0.25) is 0 Å². The summed E-state index contributed by atoms with van der Waals surface area (Å²) in [6.45, 7) is 3.93. The third kappa shape index (κ3) is 2.86. The van der Waals surface area contributed by atoms with Crippen molar-refractivity contribution < 1.29 is 14.3 Å². The maximum atomic E-state index is 12.4. The summed E-state index contributed by atoms with van der Waals surface area (Å²) >= 11 is 0. The second-order valence-electron chi connectivity index (χ2n) is 5.67. The summed E-state index contributed by atoms with van der Waals surface area (Å²) in [6.07, 6.45) is 2.91. The molecule has 4 heteroatoms. The summed E-state index contributed by atoms with van der Waals surface area (Å²) in [5.41, 5.74) is 2.07. The van der Waals surface area contributed by atoms with Crippen LogP contribution in [0.1, 0.15) is 27.0 Å². The van der Waals surface area contributed by atoms with Gasteiger partial charge in [-0.05, 0) is 43.2 Å². The third-order valence-corrected chi connectivity index (χ3v) is 3.87. The second kappa shape index (κ2) is 6.16. The summed E-state index contributed by atoms with van der Waals surface area (Å²) in [5, 5.41) is 10.6. The van der Waals surface area contributed by atoms with E-state index in [9.17, 15) is 14.7 Å². The maximum Gasteiger partial charge on any atom is 0.351 e. The van der Waals surface area contributed by atoms with E-state index in [0.29, 0.717) is 5.39 Å². The van der Waals surface area contributed by atoms with Gasteiger partial charge in [-0.1, -0.05) is 42.0 Å². The fraction of sp³-hybridized carbons (Fsp3) is 0.100. The predicted molar refractivity (Wildman–Crippen MR) is 93.4 cm³/mol. The van der Waals surface area contributed by atoms with Crippen LogP contribution in [0.5, 0.6) is 5.75 Å². The van der Waals surface area contributed by atoms with Crippen LogP contribution >= 0.6 is 0 Å². The predicted octanol–water partition coefficient (Wildman–Crippen LogP) is 4.01. The number of fused-ring (bicyclic) bond motifs is 1. The first kappa shape index (κ1) is 15.7. The summed E-state index contributed by atoms with van der Waals surface area (Å²) in [7, 11) is 0. The van der Waals surface area contributed by atoms with Gasteiger partial charge in [0.15, 0.2) is 5.78 Å². The van der Waals surface area contributed by atoms with Crippen molar-refractivity contribution in [3.05, 3.63) is 81.2 Å². The molecule has 0 aliphatic rings. The summed E-state index contributed by atoms with van der Waals surface area (Å²) in [6, 6.07) is 12.4. The number of carbonyl (C=O) groups excluding carboxylic acids is 1. The average Bonchev–Trinajstić information content (AvgIpc) is 2.54. The molecule has 0 saturated carbocycles. The molecule has 24 heavy (non-hydrogen) atoms. The van der Waals surface area contributed by atoms with Crippen molar-refractivity contribution in [2.75, 3.05) is 0 Å². The summed E-state index contributed by atoms with van der Waals surface area (Å²) in [5.74, 6) is -0.941. The van der Waals surface area contributed by atoms with E-state index in [-0.39, 0.29) is 16.9 Å². The van der Waals surface area contributed by atoms with E-state index in [0.717, 1.165) is 16.7 Å². The Kier molecular flexibility index (Phi) is 4.04. The van der Waals surface area contributed by atoms with E-state index >= 15 is 0 Å². The fourth-order valence-corrected chi connectivity index (χ4v) is 2.61. The van der Waals surface area contributed by atoms with Gasteiger partial charge in [0.05, 0.1) is 5.39 Å². The zero-order valence-corrected chi connectivity index (χ0v) is 13.4. The van der Waals surface area contributed by atoms with Crippen LogP contribution < -0.4 is 5.63 Å². The Morgan fingerprint density at radius 3 is 2.62 bits per heavy atom. The molecule has 3 aromatic rings. The van der Waals surface area contributed by atoms with Gasteiger partial charge in [0, 0.05) is 0 Å². The van der Waals surface area contributed by atoms with Gasteiger partial charge >= 0.3 is 5.63 Å². The first-order chi connectivity index (χ1) is 11.5. The molecule has 3 rings (SSSR count). The number of hydrogen-bond acceptors (Lipinski definition) is 4. The molecule has 2 aromatic carbocycles. The molecule has 0 unspecified atom stereocenters. The number of rotatable bonds is 3. The number of para-hydroxylation sites is 1. The molecular formula is C20H16O4. The van der Waals surface area contributed by atoms with E-state index in [1.807, 2.05) is 32.0 Å². The molecule has 0 saturated heterocycles. The van der Waals surface area contributed by atoms with Crippen molar-refractivity contribution in [1.82, 2.24) is 0 Å². The lowest BCUT2D eigenvalue weighted by molar-refractivity contribution is 0.104. The highest BCUT2D eigenvalue weighted by Gasteiger charge is 2.18. The van der Waals surface area contributed by atoms with Gasteiger partial charge in [0.1, 0.15) is 16.9 Å². The smallest absolute Gasteiger partial charge is 0.351 e. The van der Waals surface area contributed by atoms with Crippen LogP contribution in [0.4, 0.5) is 0 Å². The summed E-state index contributed by atoms with van der Waals surface area (Å²) in [4.78, 5) is 24.4. The number of aromatic hydroxyl groups is 1. The zero-order chi connectivity index (χ0) is 17.3. The van der Waals surface area contributed by atoms with Gasteiger partial charge < -0.3 is 9.52 Å². The minimum Gasteiger partial charge on any atom is -0.506 e. The van der Waals surface area contributed by atoms with Crippen molar-refractivity contribution in [2.45, 2.75) is 13.8 Å². The van der Waals surface area contributed by atoms with E-state index in [1.165, 1.54) is 6.08 Å². The zero-order valence-electron chi connectivity index (χ0n) is 13.4. The minimum absolute atomic E-state index is 0.245. The molecule has 1 heterocycles. The molecule has 0 aliphatic carbocycles. The van der Waals surface area contributed by atoms with Crippen molar-refractivity contribution in [2.24, 2.45) is 0 Å². The Bertz CT molecular complexity index is 1030. The number of allylic oxidation sites excluding steroid dienone is 1. The molecule has 4 nitrogen and oxygen atoms in total. The van der Waals surface area contributed by atoms with Crippen LogP contribution in [0.15, 0.2) is 57.8 Å². The van der Waals surface area contributed by atoms with Crippen molar-refractivity contribution in [3.63, 3.8) is 0 Å². The fourth-order valence-electron chi connectivity index (χ4n) is 2.61. The normalized spacial score (nSPS) is 11.2. The Hall–Kier alpha value is -3.14. The van der Waals surface area contributed by atoms with Gasteiger partial charge in [-0.2, -0.15) is 0 Å². The Balaban J connectivity index is 2.03. The lowest BCUT2D eigenvalue weighted by atomic mass is 10.0. The number of hydrogen-bond donors (Lipinski definition) is 1. The van der Waals surface area contributed by atoms with E-state index in [2.05, 4.69) is 0 Å². The monoisotopic (exact) mass is 320 g/mol. The van der Waals surface area contributed by atoms with Gasteiger partial charge in [-0.15, -0.1) is 0 Å². The lowest BCUT2D eigenvalue weighted by Gasteiger charge is -2.04. The van der Waals surface area contributed by atoms with Crippen molar-refractivity contribution in [1.29, 1.82) is 0 Å². The molecule has 1 N–H and O–H groups in total. The van der Waals surface area contributed by atoms with Gasteiger partial charge in [-0.25, -0.2) is 4.79 Å². The molecule has 120 valence electrons. The number of carbonyl (C=O) groups is 1. The van der Waals surface area contributed by atoms with Gasteiger partial charge in [-0.3, -0.25) is 4.79 Å². The third-order valence-electron chi connectivity index (χ3n) is 3.87. The first-order valence-corrected chi connectivity index (χ1v) is 7.52. The Morgan fingerprint density at radius 2 is 1.88 bits per heavy atom. The molecule has 0 atom stereocenters. The van der Waals surface area contributed by atoms with Crippen LogP contribution in [0.2, 0.25) is 0 Å². The molecule has 0 spiro atoms. The summed E-state index contributed by atoms with van der Waals surface area (Å²) < 4.78 is 5.12. The molecular weight excluding hydrogens is 304 g/mol. The highest BCUT2D eigenvalue weighted by atomic mass is 16.4. The van der Waals surface area contributed by atoms with Crippen molar-refractivity contribution in [3.8, 4) is 5.75 Å². The van der Waals surface area contributed by atoms with Crippen LogP contribution in [0.25, 0.3) is 17.0 Å². The number of aryl methyl sites for hydroxylation is 2. The second-order valence-corrected chi connectivity index (χ2v) is 5.67. The van der Waals surface area contributed by atoms with E-state index in [1.54, 1.807) is 30.3 Å². The lowest BCUT2D eigenvalue weighted by Crippen LogP contribution is -2.12. The minimum atomic E-state index is -0.846. The Morgan fingerprint density at radius 1 is 1.12 bits per heavy atom. The molecule has 0 radical (unpaired) electrons. The highest BCUT2D eigenvalue weighted by Crippen LogP contribution is 2.26. The molecule has 0 amide bonds. The van der Waals surface area contributed by atoms with Crippen LogP contribution in [-0.2, 0) is 0 Å². The largest absolute Gasteiger partial charge is 0.506 e. The Labute approximate surface area is 138 Å². The van der Waals surface area contributed by atoms with Crippen LogP contribution in [0, 0.1) is 13.8 Å². The SMILES string of the molecule is Cc1ccc(/C=C/C(=O)c2c(O)c3ccccc3oc2=O)c(C)c1. The molecule has 0 bridgehead atoms. The number of ketones is 1. The quantitative estimate of drug-likeness (QED) is 0.450. The number of benzene rings is 2. The first-order valence-electron chi connectivity index (χ1n) is 7.52. The highest BCUT2D eigenvalue weighted by molar-refractivity contribution is 6.10. The standard InChI is InChI=1S/C20H16O4/c1-12-7-8-14(13(2)11-12)9-10-16(21)18-19(22)15-5-3-4-6-17(15)24-20(18)23/h3-11,22H,1-2H3/b10-9+. The van der Waals surface area contributed by atoms with E-state index < -0.39 is 11.4 Å². The van der Waals surface area contributed by atoms with E-state index in [4.69, 9.17) is 4.42 Å². The maximum absolute atomic E-state index is 12.4. The van der Waals surface area contributed by atoms with Crippen molar-refractivity contribution >= 4 is 22.8 Å². The van der Waals surface area contributed by atoms with Crippen LogP contribution in [0.3, 0.4) is 0 Å². The van der Waals surface area contributed by atoms with Gasteiger partial charge in [0.25, 0.3) is 0 Å². The topological polar surface area (TPSA) is 67.5 Å². The molecule has 1 aromatic heterocycles. The molecule has 0 aliphatic heterocycles. The average molecular weight is 320 g/mol. The molecule has 0 fully saturated rings. The van der Waals surface area contributed by atoms with Crippen LogP contribution in [-0.4, -0.2) is 10.9 Å².